The summed E-state index contributed by atoms with van der Waals surface area (Å²) < 4.78 is 0.767. The summed E-state index contributed by atoms with van der Waals surface area (Å²) >= 11 is 5.02. The van der Waals surface area contributed by atoms with Crippen LogP contribution in [0.2, 0.25) is 0 Å². The number of nitrogens with one attached hydrogen (secondary N) is 3. The summed E-state index contributed by atoms with van der Waals surface area (Å²) in [6.07, 6.45) is 2.80. The molecule has 38 heavy (non-hydrogen) atoms. The van der Waals surface area contributed by atoms with E-state index >= 15 is 0 Å². The average Bonchev–Trinajstić information content (AvgIpc) is 3.33. The fourth-order valence-corrected chi connectivity index (χ4v) is 3.59. The average molecular weight is 607 g/mol. The lowest BCUT2D eigenvalue weighted by Gasteiger charge is -2.08. The molecule has 210 valence electrons. The van der Waals surface area contributed by atoms with Gasteiger partial charge < -0.3 is 25.9 Å². The van der Waals surface area contributed by atoms with Gasteiger partial charge in [-0.15, -0.1) is 17.1 Å². The van der Waals surface area contributed by atoms with Crippen LogP contribution in [0, 0.1) is 13.8 Å². The lowest BCUT2D eigenvalue weighted by atomic mass is 10.1. The number of anilines is 3. The number of carbonyl (C=O) groups is 1. The molecule has 0 spiro atoms. The van der Waals surface area contributed by atoms with Crippen LogP contribution in [-0.2, 0) is 11.2 Å². The minimum Gasteiger partial charge on any atom is -0.395 e. The van der Waals surface area contributed by atoms with Crippen molar-refractivity contribution in [3.05, 3.63) is 81.3 Å². The summed E-state index contributed by atoms with van der Waals surface area (Å²) in [5.74, 6) is 1.19. The van der Waals surface area contributed by atoms with Gasteiger partial charge in [0.1, 0.15) is 12.6 Å². The number of aryl methyl sites for hydroxylation is 2. The Balaban J connectivity index is 0. The van der Waals surface area contributed by atoms with Crippen LogP contribution >= 0.6 is 27.3 Å². The molecule has 0 aliphatic heterocycles. The van der Waals surface area contributed by atoms with Crippen LogP contribution in [0.5, 0.6) is 0 Å². The molecule has 2 aromatic heterocycles. The van der Waals surface area contributed by atoms with Crippen molar-refractivity contribution in [2.24, 2.45) is 0 Å². The van der Waals surface area contributed by atoms with Crippen LogP contribution in [0.1, 0.15) is 43.7 Å². The third kappa shape index (κ3) is 18.4. The van der Waals surface area contributed by atoms with E-state index in [-0.39, 0.29) is 6.61 Å². The van der Waals surface area contributed by atoms with Crippen LogP contribution in [0.3, 0.4) is 0 Å². The van der Waals surface area contributed by atoms with E-state index in [0.717, 1.165) is 23.1 Å². The molecule has 0 saturated carbocycles. The first-order valence-electron chi connectivity index (χ1n) is 12.3. The smallest absolute Gasteiger partial charge is 0.229 e. The topological polar surface area (TPSA) is 99.2 Å². The number of benzene rings is 1. The maximum absolute atomic E-state index is 8.79. The molecule has 0 aliphatic rings. The van der Waals surface area contributed by atoms with E-state index in [1.807, 2.05) is 39.0 Å². The number of thiophene rings is 1. The number of nitrogens with zero attached hydrogens (tertiary/aromatic N) is 2. The fraction of sp³-hybridized carbons (Fsp3) is 0.379. The van der Waals surface area contributed by atoms with Gasteiger partial charge in [-0.1, -0.05) is 70.7 Å². The van der Waals surface area contributed by atoms with Crippen molar-refractivity contribution in [1.82, 2.24) is 15.3 Å². The lowest BCUT2D eigenvalue weighted by molar-refractivity contribution is -0.0980. The largest absolute Gasteiger partial charge is 0.395 e. The Bertz CT molecular complexity index is 1020. The highest BCUT2D eigenvalue weighted by molar-refractivity contribution is 9.10. The van der Waals surface area contributed by atoms with E-state index in [4.69, 9.17) is 9.90 Å². The molecule has 0 saturated heterocycles. The van der Waals surface area contributed by atoms with E-state index in [0.29, 0.717) is 24.4 Å². The molecule has 0 fully saturated rings. The van der Waals surface area contributed by atoms with Gasteiger partial charge in [-0.05, 0) is 54.4 Å². The zero-order chi connectivity index (χ0) is 29.3. The van der Waals surface area contributed by atoms with Crippen LogP contribution < -0.4 is 16.0 Å². The molecular formula is C29H44BrN5O2S. The molecule has 3 rings (SSSR count). The number of hydrogen-bond acceptors (Lipinski definition) is 8. The highest BCUT2D eigenvalue weighted by atomic mass is 79.9. The molecule has 1 aromatic carbocycles. The number of rotatable bonds is 9. The van der Waals surface area contributed by atoms with Gasteiger partial charge in [-0.2, -0.15) is 4.98 Å². The first kappa shape index (κ1) is 37.3. The van der Waals surface area contributed by atoms with Crippen LogP contribution in [-0.4, -0.2) is 47.6 Å². The predicted octanol–water partition coefficient (Wildman–Crippen LogP) is 7.09. The van der Waals surface area contributed by atoms with Crippen molar-refractivity contribution in [3.63, 3.8) is 0 Å². The van der Waals surface area contributed by atoms with Crippen LogP contribution in [0.25, 0.3) is 0 Å². The molecule has 2 heterocycles. The van der Waals surface area contributed by atoms with E-state index in [1.54, 1.807) is 17.5 Å². The van der Waals surface area contributed by atoms with Gasteiger partial charge in [0.15, 0.2) is 0 Å². The maximum Gasteiger partial charge on any atom is 0.229 e. The Labute approximate surface area is 241 Å². The SMILES string of the molecule is C=C=C.C=O.CC.Cc1cc(Nc2ncc(Br)c(NCCO)n2)cs1.Cc1ccc(CCNC(C)C)cc1. The number of aliphatic hydroxyl groups is 1. The predicted molar refractivity (Wildman–Crippen MR) is 169 cm³/mol. The standard InChI is InChI=1S/C12H19N.C11H13BrN4OS.C3H4.C2H6.CH2O/c1-10(2)13-9-8-12-6-4-11(3)5-7-12;1-7-4-8(6-18-7)15-11-14-5-9(12)10(16-11)13-2-3-17;1-3-2;2*1-2/h4-7,10,13H,8-9H2,1-3H3;4-6,17H,2-3H2,1H3,(H2,13,14,15,16);1-2H2;1-2H3;1H2. The quantitative estimate of drug-likeness (QED) is 0.193. The van der Waals surface area contributed by atoms with Gasteiger partial charge in [0, 0.05) is 29.0 Å². The minimum absolute atomic E-state index is 0.0585. The Hall–Kier alpha value is -2.81. The molecule has 3 aromatic rings. The first-order chi connectivity index (χ1) is 18.3. The van der Waals surface area contributed by atoms with Gasteiger partial charge in [-0.25, -0.2) is 4.98 Å². The molecule has 0 amide bonds. The van der Waals surface area contributed by atoms with Crippen molar-refractivity contribution in [2.75, 3.05) is 30.3 Å². The monoisotopic (exact) mass is 605 g/mol. The number of halogens is 1. The third-order valence-corrected chi connectivity index (χ3v) is 5.66. The van der Waals surface area contributed by atoms with Crippen molar-refractivity contribution in [3.8, 4) is 0 Å². The molecule has 0 unspecified atom stereocenters. The summed E-state index contributed by atoms with van der Waals surface area (Å²) in [5.41, 5.74) is 5.98. The first-order valence-corrected chi connectivity index (χ1v) is 14.0. The fourth-order valence-electron chi connectivity index (χ4n) is 2.62. The summed E-state index contributed by atoms with van der Waals surface area (Å²) in [5, 5.41) is 20.4. The van der Waals surface area contributed by atoms with Crippen LogP contribution in [0.15, 0.2) is 65.3 Å². The van der Waals surface area contributed by atoms with Gasteiger partial charge >= 0.3 is 0 Å². The minimum atomic E-state index is 0.0585. The third-order valence-electron chi connectivity index (χ3n) is 4.22. The summed E-state index contributed by atoms with van der Waals surface area (Å²) in [6.45, 7) is 22.4. The molecule has 9 heteroatoms. The van der Waals surface area contributed by atoms with E-state index in [1.165, 1.54) is 16.0 Å². The van der Waals surface area contributed by atoms with Gasteiger partial charge in [0.2, 0.25) is 5.95 Å². The summed E-state index contributed by atoms with van der Waals surface area (Å²) in [4.78, 5) is 17.7. The summed E-state index contributed by atoms with van der Waals surface area (Å²) in [7, 11) is 0. The van der Waals surface area contributed by atoms with E-state index < -0.39 is 0 Å². The Kier molecular flexibility index (Phi) is 24.1. The zero-order valence-corrected chi connectivity index (χ0v) is 26.0. The molecular weight excluding hydrogens is 562 g/mol. The lowest BCUT2D eigenvalue weighted by Crippen LogP contribution is -2.24. The van der Waals surface area contributed by atoms with Gasteiger partial charge in [-0.3, -0.25) is 0 Å². The Morgan fingerprint density at radius 3 is 2.21 bits per heavy atom. The van der Waals surface area contributed by atoms with E-state index in [9.17, 15) is 0 Å². The Morgan fingerprint density at radius 2 is 1.71 bits per heavy atom. The van der Waals surface area contributed by atoms with Crippen molar-refractivity contribution in [1.29, 1.82) is 0 Å². The normalized spacial score (nSPS) is 9.08. The molecule has 4 N–H and O–H groups in total. The van der Waals surface area contributed by atoms with Crippen molar-refractivity contribution >= 4 is 51.5 Å². The zero-order valence-electron chi connectivity index (χ0n) is 23.6. The number of aliphatic hydroxyl groups excluding tert-OH is 1. The second-order valence-electron chi connectivity index (χ2n) is 7.71. The summed E-state index contributed by atoms with van der Waals surface area (Å²) in [6, 6.07) is 11.4. The molecule has 7 nitrogen and oxygen atoms in total. The number of carbonyl (C=O) groups excluding carboxylic acids is 1. The van der Waals surface area contributed by atoms with Crippen LogP contribution in [0.4, 0.5) is 17.5 Å². The molecule has 0 atom stereocenters. The second-order valence-corrected chi connectivity index (χ2v) is 9.68. The van der Waals surface area contributed by atoms with Crippen molar-refractivity contribution in [2.45, 2.75) is 54.0 Å². The van der Waals surface area contributed by atoms with Gasteiger partial charge in [0.25, 0.3) is 0 Å². The van der Waals surface area contributed by atoms with Gasteiger partial charge in [0.05, 0.1) is 16.8 Å². The highest BCUT2D eigenvalue weighted by Crippen LogP contribution is 2.24. The molecule has 0 radical (unpaired) electrons. The highest BCUT2D eigenvalue weighted by Gasteiger charge is 2.05. The maximum atomic E-state index is 8.79. The second kappa shape index (κ2) is 24.5. The van der Waals surface area contributed by atoms with E-state index in [2.05, 4.69) is 106 Å². The number of hydrogen-bond donors (Lipinski definition) is 4. The molecule has 0 aliphatic carbocycles. The Morgan fingerprint density at radius 1 is 1.11 bits per heavy atom. The van der Waals surface area contributed by atoms with Crippen molar-refractivity contribution < 1.29 is 9.90 Å². The molecule has 0 bridgehead atoms. The number of aromatic nitrogens is 2.